The van der Waals surface area contributed by atoms with Crippen LogP contribution in [0.4, 0.5) is 0 Å². The molecule has 0 aliphatic heterocycles. The van der Waals surface area contributed by atoms with Gasteiger partial charge in [-0.25, -0.2) is 0 Å². The van der Waals surface area contributed by atoms with Gasteiger partial charge in [0.05, 0.1) is 11.4 Å². The van der Waals surface area contributed by atoms with Crippen LogP contribution in [-0.2, 0) is 13.6 Å². The first-order valence-corrected chi connectivity index (χ1v) is 6.26. The van der Waals surface area contributed by atoms with E-state index < -0.39 is 0 Å². The first-order valence-electron chi connectivity index (χ1n) is 6.26. The zero-order valence-electron chi connectivity index (χ0n) is 11.8. The Hall–Kier alpha value is -1.61. The Bertz CT molecular complexity index is 594. The molecule has 0 fully saturated rings. The number of nitrogens with two attached hydrogens (primary N) is 1. The third-order valence-corrected chi connectivity index (χ3v) is 3.67. The van der Waals surface area contributed by atoms with Gasteiger partial charge in [-0.05, 0) is 56.0 Å². The molecule has 0 bridgehead atoms. The average molecular weight is 243 g/mol. The second kappa shape index (κ2) is 4.58. The molecule has 2 rings (SSSR count). The summed E-state index contributed by atoms with van der Waals surface area (Å²) in [5.41, 5.74) is 14.2. The van der Waals surface area contributed by atoms with Crippen LogP contribution >= 0.6 is 0 Å². The van der Waals surface area contributed by atoms with Crippen molar-refractivity contribution in [3.63, 3.8) is 0 Å². The van der Waals surface area contributed by atoms with Crippen molar-refractivity contribution >= 4 is 0 Å². The van der Waals surface area contributed by atoms with Crippen LogP contribution in [0.15, 0.2) is 12.1 Å². The van der Waals surface area contributed by atoms with Crippen molar-refractivity contribution in [3.8, 4) is 11.3 Å². The number of hydrogen-bond acceptors (Lipinski definition) is 2. The summed E-state index contributed by atoms with van der Waals surface area (Å²) in [7, 11) is 1.98. The van der Waals surface area contributed by atoms with Crippen LogP contribution in [0, 0.1) is 27.7 Å². The lowest BCUT2D eigenvalue weighted by atomic mass is 9.96. The van der Waals surface area contributed by atoms with Gasteiger partial charge in [0.1, 0.15) is 0 Å². The van der Waals surface area contributed by atoms with Crippen LogP contribution in [0.3, 0.4) is 0 Å². The maximum atomic E-state index is 5.73. The summed E-state index contributed by atoms with van der Waals surface area (Å²) in [6, 6.07) is 4.48. The Morgan fingerprint density at radius 1 is 1.06 bits per heavy atom. The van der Waals surface area contributed by atoms with Crippen molar-refractivity contribution < 1.29 is 0 Å². The normalized spacial score (nSPS) is 11.0. The van der Waals surface area contributed by atoms with E-state index in [-0.39, 0.29) is 0 Å². The molecule has 3 heteroatoms. The minimum absolute atomic E-state index is 0.490. The molecule has 0 amide bonds. The maximum Gasteiger partial charge on any atom is 0.0795 e. The molecule has 0 radical (unpaired) electrons. The summed E-state index contributed by atoms with van der Waals surface area (Å²) in [5, 5.41) is 4.49. The van der Waals surface area contributed by atoms with Gasteiger partial charge >= 0.3 is 0 Å². The van der Waals surface area contributed by atoms with Gasteiger partial charge in [0.25, 0.3) is 0 Å². The highest BCUT2D eigenvalue weighted by Gasteiger charge is 2.15. The first kappa shape index (κ1) is 12.8. The monoisotopic (exact) mass is 243 g/mol. The Kier molecular flexibility index (Phi) is 3.26. The fraction of sp³-hybridized carbons (Fsp3) is 0.400. The number of hydrogen-bond donors (Lipinski definition) is 1. The standard InChI is InChI=1S/C15H21N3/c1-9-6-11(3)13(7-10(9)2)15-12(4)14(8-16)17-18(15)5/h6-7H,8,16H2,1-5H3. The Morgan fingerprint density at radius 3 is 2.22 bits per heavy atom. The molecule has 2 N–H and O–H groups in total. The van der Waals surface area contributed by atoms with Crippen molar-refractivity contribution in [2.45, 2.75) is 34.2 Å². The zero-order chi connectivity index (χ0) is 13.4. The molecule has 0 unspecified atom stereocenters. The summed E-state index contributed by atoms with van der Waals surface area (Å²) in [5.74, 6) is 0. The summed E-state index contributed by atoms with van der Waals surface area (Å²) in [6.45, 7) is 9.03. The van der Waals surface area contributed by atoms with E-state index in [2.05, 4.69) is 44.9 Å². The SMILES string of the molecule is Cc1cc(C)c(-c2c(C)c(CN)nn2C)cc1C. The third-order valence-electron chi connectivity index (χ3n) is 3.67. The summed E-state index contributed by atoms with van der Waals surface area (Å²) in [4.78, 5) is 0. The molecular formula is C15H21N3. The van der Waals surface area contributed by atoms with Crippen molar-refractivity contribution in [2.24, 2.45) is 12.8 Å². The number of nitrogens with zero attached hydrogens (tertiary/aromatic N) is 2. The lowest BCUT2D eigenvalue weighted by molar-refractivity contribution is 0.749. The van der Waals surface area contributed by atoms with Gasteiger partial charge in [0.2, 0.25) is 0 Å². The topological polar surface area (TPSA) is 43.8 Å². The fourth-order valence-corrected chi connectivity index (χ4v) is 2.47. The molecule has 0 atom stereocenters. The molecule has 1 heterocycles. The molecular weight excluding hydrogens is 222 g/mol. The molecule has 2 aromatic rings. The van der Waals surface area contributed by atoms with Crippen molar-refractivity contribution in [2.75, 3.05) is 0 Å². The van der Waals surface area contributed by atoms with Crippen LogP contribution in [0.2, 0.25) is 0 Å². The average Bonchev–Trinajstić information content (AvgIpc) is 2.59. The van der Waals surface area contributed by atoms with E-state index in [1.165, 1.54) is 33.5 Å². The van der Waals surface area contributed by atoms with E-state index in [1.807, 2.05) is 11.7 Å². The number of aryl methyl sites for hydroxylation is 4. The van der Waals surface area contributed by atoms with E-state index in [0.29, 0.717) is 6.54 Å². The summed E-state index contributed by atoms with van der Waals surface area (Å²) in [6.07, 6.45) is 0. The molecule has 0 spiro atoms. The van der Waals surface area contributed by atoms with Crippen LogP contribution in [-0.4, -0.2) is 9.78 Å². The predicted molar refractivity (Wildman–Crippen MR) is 75.5 cm³/mol. The van der Waals surface area contributed by atoms with E-state index in [1.54, 1.807) is 0 Å². The van der Waals surface area contributed by atoms with Gasteiger partial charge in [0.15, 0.2) is 0 Å². The quantitative estimate of drug-likeness (QED) is 0.881. The number of aromatic nitrogens is 2. The molecule has 0 aliphatic rings. The Morgan fingerprint density at radius 2 is 1.67 bits per heavy atom. The van der Waals surface area contributed by atoms with Gasteiger partial charge in [-0.15, -0.1) is 0 Å². The minimum Gasteiger partial charge on any atom is -0.325 e. The molecule has 0 saturated heterocycles. The number of benzene rings is 1. The molecule has 0 saturated carbocycles. The van der Waals surface area contributed by atoms with Gasteiger partial charge in [-0.1, -0.05) is 6.07 Å². The van der Waals surface area contributed by atoms with Crippen molar-refractivity contribution in [1.29, 1.82) is 0 Å². The first-order chi connectivity index (χ1) is 8.45. The molecule has 18 heavy (non-hydrogen) atoms. The second-order valence-corrected chi connectivity index (χ2v) is 5.00. The van der Waals surface area contributed by atoms with E-state index >= 15 is 0 Å². The third kappa shape index (κ3) is 1.95. The Balaban J connectivity index is 2.69. The lowest BCUT2D eigenvalue weighted by Gasteiger charge is -2.11. The molecule has 3 nitrogen and oxygen atoms in total. The highest BCUT2D eigenvalue weighted by molar-refractivity contribution is 5.69. The van der Waals surface area contributed by atoms with Gasteiger partial charge < -0.3 is 5.73 Å². The van der Waals surface area contributed by atoms with E-state index in [0.717, 1.165) is 5.69 Å². The van der Waals surface area contributed by atoms with Gasteiger partial charge in [0, 0.05) is 19.2 Å². The van der Waals surface area contributed by atoms with Crippen LogP contribution in [0.1, 0.15) is 27.9 Å². The van der Waals surface area contributed by atoms with E-state index in [9.17, 15) is 0 Å². The number of rotatable bonds is 2. The second-order valence-electron chi connectivity index (χ2n) is 5.00. The summed E-state index contributed by atoms with van der Waals surface area (Å²) < 4.78 is 1.94. The van der Waals surface area contributed by atoms with Crippen LogP contribution in [0.5, 0.6) is 0 Å². The lowest BCUT2D eigenvalue weighted by Crippen LogP contribution is -1.99. The molecule has 96 valence electrons. The van der Waals surface area contributed by atoms with Gasteiger partial charge in [-0.2, -0.15) is 5.10 Å². The van der Waals surface area contributed by atoms with Crippen LogP contribution < -0.4 is 5.73 Å². The fourth-order valence-electron chi connectivity index (χ4n) is 2.47. The molecule has 1 aromatic heterocycles. The van der Waals surface area contributed by atoms with Crippen molar-refractivity contribution in [3.05, 3.63) is 40.1 Å². The minimum atomic E-state index is 0.490. The van der Waals surface area contributed by atoms with Gasteiger partial charge in [-0.3, -0.25) is 4.68 Å². The zero-order valence-corrected chi connectivity index (χ0v) is 11.8. The van der Waals surface area contributed by atoms with Crippen molar-refractivity contribution in [1.82, 2.24) is 9.78 Å². The van der Waals surface area contributed by atoms with E-state index in [4.69, 9.17) is 5.73 Å². The molecule has 1 aromatic carbocycles. The highest BCUT2D eigenvalue weighted by atomic mass is 15.3. The largest absolute Gasteiger partial charge is 0.325 e. The molecule has 0 aliphatic carbocycles. The smallest absolute Gasteiger partial charge is 0.0795 e. The predicted octanol–water partition coefficient (Wildman–Crippen LogP) is 2.78. The maximum absolute atomic E-state index is 5.73. The Labute approximate surface area is 109 Å². The van der Waals surface area contributed by atoms with Crippen LogP contribution in [0.25, 0.3) is 11.3 Å². The summed E-state index contributed by atoms with van der Waals surface area (Å²) >= 11 is 0. The highest BCUT2D eigenvalue weighted by Crippen LogP contribution is 2.30.